The first-order valence-corrected chi connectivity index (χ1v) is 13.4. The van der Waals surface area contributed by atoms with E-state index in [1.165, 1.54) is 4.31 Å². The van der Waals surface area contributed by atoms with Crippen molar-refractivity contribution in [3.8, 4) is 5.75 Å². The zero-order chi connectivity index (χ0) is 25.6. The molecule has 0 atom stereocenters. The Morgan fingerprint density at radius 1 is 1.11 bits per heavy atom. The van der Waals surface area contributed by atoms with E-state index in [0.717, 1.165) is 37.1 Å². The van der Waals surface area contributed by atoms with Crippen molar-refractivity contribution in [2.45, 2.75) is 39.7 Å². The van der Waals surface area contributed by atoms with Crippen molar-refractivity contribution in [2.24, 2.45) is 5.73 Å². The van der Waals surface area contributed by atoms with Crippen molar-refractivity contribution in [1.29, 1.82) is 10.8 Å². The Labute approximate surface area is 232 Å². The average Bonchev–Trinajstić information content (AvgIpc) is 2.83. The lowest BCUT2D eigenvalue weighted by Gasteiger charge is -2.33. The van der Waals surface area contributed by atoms with Crippen molar-refractivity contribution in [2.75, 3.05) is 29.7 Å². The first-order chi connectivity index (χ1) is 16.6. The quantitative estimate of drug-likeness (QED) is 0.292. The average molecular weight is 571 g/mol. The largest absolute Gasteiger partial charge is 0.490 e. The van der Waals surface area contributed by atoms with E-state index < -0.39 is 10.0 Å². The Morgan fingerprint density at radius 3 is 2.27 bits per heavy atom. The van der Waals surface area contributed by atoms with Crippen LogP contribution in [0.5, 0.6) is 5.75 Å². The number of nitrogens with zero attached hydrogens (tertiary/aromatic N) is 2. The maximum absolute atomic E-state index is 12.9. The smallest absolute Gasteiger partial charge is 0.235 e. The molecule has 0 amide bonds. The van der Waals surface area contributed by atoms with Gasteiger partial charge < -0.3 is 15.4 Å². The molecule has 0 aliphatic carbocycles. The molecule has 1 aliphatic rings. The molecule has 0 bridgehead atoms. The summed E-state index contributed by atoms with van der Waals surface area (Å²) in [6.45, 7) is 7.15. The van der Waals surface area contributed by atoms with Gasteiger partial charge in [0.2, 0.25) is 10.0 Å². The highest BCUT2D eigenvalue weighted by Gasteiger charge is 2.23. The van der Waals surface area contributed by atoms with E-state index in [1.807, 2.05) is 48.2 Å². The zero-order valence-electron chi connectivity index (χ0n) is 21.4. The predicted molar refractivity (Wildman–Crippen MR) is 157 cm³/mol. The number of nitrogens with one attached hydrogen (secondary N) is 2. The van der Waals surface area contributed by atoms with E-state index in [0.29, 0.717) is 22.8 Å². The molecule has 2 aromatic carbocycles. The highest BCUT2D eigenvalue weighted by atomic mass is 35.5. The lowest BCUT2D eigenvalue weighted by atomic mass is 10.1. The van der Waals surface area contributed by atoms with Crippen LogP contribution < -0.4 is 14.8 Å². The third-order valence-corrected chi connectivity index (χ3v) is 7.79. The van der Waals surface area contributed by atoms with Gasteiger partial charge in [-0.15, -0.1) is 24.8 Å². The zero-order valence-corrected chi connectivity index (χ0v) is 23.9. The minimum Gasteiger partial charge on any atom is -0.490 e. The van der Waals surface area contributed by atoms with E-state index in [4.69, 9.17) is 21.3 Å². The number of anilines is 1. The van der Waals surface area contributed by atoms with Gasteiger partial charge in [-0.3, -0.25) is 15.1 Å². The molecule has 1 aliphatic heterocycles. The van der Waals surface area contributed by atoms with E-state index in [1.54, 1.807) is 32.0 Å². The molecule has 1 heterocycles. The second-order valence-electron chi connectivity index (χ2n) is 8.82. The molecule has 1 fully saturated rings. The number of rotatable bonds is 9. The van der Waals surface area contributed by atoms with Crippen LogP contribution in [0.15, 0.2) is 54.1 Å². The van der Waals surface area contributed by atoms with Crippen LogP contribution in [-0.2, 0) is 10.0 Å². The van der Waals surface area contributed by atoms with Crippen molar-refractivity contribution < 1.29 is 13.2 Å². The highest BCUT2D eigenvalue weighted by Crippen LogP contribution is 2.26. The van der Waals surface area contributed by atoms with Gasteiger partial charge >= 0.3 is 0 Å². The molecule has 0 spiro atoms. The number of ether oxygens (including phenoxy) is 1. The molecule has 8 nitrogen and oxygen atoms in total. The minimum absolute atomic E-state index is 0. The molecular formula is C26H37Cl2N5O3S. The number of likely N-dealkylation sites (tertiary alicyclic amines) is 1. The summed E-state index contributed by atoms with van der Waals surface area (Å²) in [6, 6.07) is 14.5. The molecule has 2 aromatic rings. The van der Waals surface area contributed by atoms with Gasteiger partial charge in [-0.25, -0.2) is 8.42 Å². The summed E-state index contributed by atoms with van der Waals surface area (Å²) in [5.41, 5.74) is 8.51. The summed E-state index contributed by atoms with van der Waals surface area (Å²) in [5.74, 6) is 1.27. The Hall–Kier alpha value is -2.75. The van der Waals surface area contributed by atoms with Crippen molar-refractivity contribution >= 4 is 58.3 Å². The minimum atomic E-state index is -3.50. The van der Waals surface area contributed by atoms with Crippen LogP contribution in [0.2, 0.25) is 0 Å². The fourth-order valence-corrected chi connectivity index (χ4v) is 5.21. The molecule has 3 rings (SSSR count). The molecule has 0 aromatic heterocycles. The Balaban J connectivity index is 0.00000342. The summed E-state index contributed by atoms with van der Waals surface area (Å²) < 4.78 is 33.4. The van der Waals surface area contributed by atoms with Crippen LogP contribution in [0.1, 0.15) is 44.7 Å². The Morgan fingerprint density at radius 2 is 1.73 bits per heavy atom. The van der Waals surface area contributed by atoms with Crippen LogP contribution in [0.25, 0.3) is 6.08 Å². The van der Waals surface area contributed by atoms with Crippen LogP contribution in [0.3, 0.4) is 0 Å². The lowest BCUT2D eigenvalue weighted by molar-refractivity contribution is 0.130. The highest BCUT2D eigenvalue weighted by molar-refractivity contribution is 7.92. The first kappa shape index (κ1) is 32.3. The van der Waals surface area contributed by atoms with Gasteiger partial charge in [0.05, 0.1) is 23.8 Å². The number of sulfonamides is 1. The van der Waals surface area contributed by atoms with E-state index in [9.17, 15) is 8.42 Å². The van der Waals surface area contributed by atoms with E-state index in [-0.39, 0.29) is 49.1 Å². The van der Waals surface area contributed by atoms with Crippen LogP contribution in [0, 0.1) is 10.8 Å². The van der Waals surface area contributed by atoms with Gasteiger partial charge in [0.25, 0.3) is 0 Å². The number of piperidine rings is 1. The second kappa shape index (κ2) is 14.3. The van der Waals surface area contributed by atoms with Gasteiger partial charge in [-0.05, 0) is 56.7 Å². The van der Waals surface area contributed by atoms with Crippen LogP contribution in [0.4, 0.5) is 5.69 Å². The van der Waals surface area contributed by atoms with Crippen LogP contribution >= 0.6 is 24.8 Å². The number of hydrogen-bond donors (Lipinski definition) is 3. The number of benzene rings is 2. The van der Waals surface area contributed by atoms with Crippen molar-refractivity contribution in [1.82, 2.24) is 4.90 Å². The molecule has 0 radical (unpaired) electrons. The topological polar surface area (TPSA) is 124 Å². The first-order valence-electron chi connectivity index (χ1n) is 11.8. The van der Waals surface area contributed by atoms with Gasteiger partial charge in [0.15, 0.2) is 0 Å². The summed E-state index contributed by atoms with van der Waals surface area (Å²) >= 11 is 0. The number of hydrogen-bond acceptors (Lipinski definition) is 5. The normalized spacial score (nSPS) is 14.2. The third kappa shape index (κ3) is 8.94. The van der Waals surface area contributed by atoms with Gasteiger partial charge in [0, 0.05) is 31.5 Å². The molecule has 0 saturated carbocycles. The fourth-order valence-electron chi connectivity index (χ4n) is 4.05. The Bertz CT molecular complexity index is 1190. The standard InChI is InChI=1S/C26H35N5O3S.2ClH/c1-4-35(32,33)31(18-19(2)16-21-6-5-7-22(17-21)26(28)29)23-8-10-24(11-9-23)34-25-12-14-30(15-13-25)20(3)27;;/h5-11,16-17,25,27H,4,12-15,18H2,1-3H3,(H3,28,29);2*1H/b19-16+,27-20?;;. The third-order valence-electron chi connectivity index (χ3n) is 6.05. The predicted octanol–water partition coefficient (Wildman–Crippen LogP) is 4.91. The molecule has 0 unspecified atom stereocenters. The number of nitrogen functional groups attached to an aromatic ring is 1. The summed E-state index contributed by atoms with van der Waals surface area (Å²) in [6.07, 6.45) is 3.69. The molecule has 11 heteroatoms. The molecular weight excluding hydrogens is 533 g/mol. The molecule has 37 heavy (non-hydrogen) atoms. The molecule has 4 N–H and O–H groups in total. The number of halogens is 2. The fraction of sp³-hybridized carbons (Fsp3) is 0.385. The molecule has 1 saturated heterocycles. The summed E-state index contributed by atoms with van der Waals surface area (Å²) in [4.78, 5) is 2.04. The van der Waals surface area contributed by atoms with Gasteiger partial charge in [0.1, 0.15) is 17.7 Å². The van der Waals surface area contributed by atoms with Crippen molar-refractivity contribution in [3.63, 3.8) is 0 Å². The summed E-state index contributed by atoms with van der Waals surface area (Å²) in [7, 11) is -3.50. The molecule has 204 valence electrons. The van der Waals surface area contributed by atoms with E-state index in [2.05, 4.69) is 0 Å². The van der Waals surface area contributed by atoms with Crippen molar-refractivity contribution in [3.05, 3.63) is 65.2 Å². The number of amidine groups is 2. The van der Waals surface area contributed by atoms with Gasteiger partial charge in [-0.1, -0.05) is 29.8 Å². The lowest BCUT2D eigenvalue weighted by Crippen LogP contribution is -2.40. The maximum Gasteiger partial charge on any atom is 0.235 e. The van der Waals surface area contributed by atoms with Gasteiger partial charge in [-0.2, -0.15) is 0 Å². The monoisotopic (exact) mass is 569 g/mol. The SMILES string of the molecule is CCS(=O)(=O)N(C/C(C)=C/c1cccc(C(=N)N)c1)c1ccc(OC2CCN(C(C)=N)CC2)cc1.Cl.Cl. The van der Waals surface area contributed by atoms with Crippen LogP contribution in [-0.4, -0.2) is 56.5 Å². The van der Waals surface area contributed by atoms with E-state index >= 15 is 0 Å². The Kier molecular flexibility index (Phi) is 12.4. The summed E-state index contributed by atoms with van der Waals surface area (Å²) in [5, 5.41) is 15.4. The second-order valence-corrected chi connectivity index (χ2v) is 11.0. The number of nitrogens with two attached hydrogens (primary N) is 1. The maximum atomic E-state index is 12.9.